The van der Waals surface area contributed by atoms with Crippen molar-refractivity contribution >= 4 is 44.9 Å². The molecule has 1 aliphatic rings. The highest BCUT2D eigenvalue weighted by Gasteiger charge is 2.52. The maximum absolute atomic E-state index is 14.4. The molecule has 0 saturated carbocycles. The van der Waals surface area contributed by atoms with Crippen molar-refractivity contribution in [3.63, 3.8) is 0 Å². The van der Waals surface area contributed by atoms with Gasteiger partial charge in [0.05, 0.1) is 23.5 Å². The minimum Gasteiger partial charge on any atom is -0.444 e. The first-order chi connectivity index (χ1) is 21.8. The molecule has 0 aliphatic carbocycles. The van der Waals surface area contributed by atoms with E-state index < -0.39 is 132 Å². The normalized spacial score (nSPS) is 13.7. The molecule has 0 aromatic heterocycles. The minimum atomic E-state index is -3.29. The van der Waals surface area contributed by atoms with Crippen molar-refractivity contribution in [1.82, 2.24) is 0 Å². The van der Waals surface area contributed by atoms with E-state index in [2.05, 4.69) is 13.7 Å². The lowest BCUT2D eigenvalue weighted by molar-refractivity contribution is 0.296. The first-order valence-electron chi connectivity index (χ1n) is 12.9. The van der Waals surface area contributed by atoms with Gasteiger partial charge in [-0.1, -0.05) is 20.8 Å². The molecule has 4 rings (SSSR count). The second-order valence-corrected chi connectivity index (χ2v) is 13.4. The number of benzene rings is 3. The van der Waals surface area contributed by atoms with Gasteiger partial charge < -0.3 is 18.3 Å². The third kappa shape index (κ3) is 6.92. The van der Waals surface area contributed by atoms with Crippen LogP contribution in [0, 0.1) is 87.3 Å². The second-order valence-electron chi connectivity index (χ2n) is 9.36. The summed E-state index contributed by atoms with van der Waals surface area (Å²) in [6, 6.07) is 0. The van der Waals surface area contributed by atoms with Gasteiger partial charge in [-0.3, -0.25) is 0 Å². The Morgan fingerprint density at radius 3 is 0.638 bits per heavy atom. The highest BCUT2D eigenvalue weighted by atomic mass is 31.2. The van der Waals surface area contributed by atoms with E-state index >= 15 is 0 Å². The Hall–Kier alpha value is -3.09. The van der Waals surface area contributed by atoms with E-state index in [1.165, 1.54) is 0 Å². The van der Waals surface area contributed by atoms with Crippen LogP contribution in [0.5, 0.6) is 0 Å². The number of halogens is 15. The van der Waals surface area contributed by atoms with Gasteiger partial charge in [0, 0.05) is 0 Å². The standard InChI is InChI=1S/C18B3F15O3.C6H15OP/c22-4-1(5(23)11(29)16(34)10(4)28)19-37-20(2-6(24)12(30)17(35)13(31)7(2)25)39-21(38-19)3-8(26)14(32)18(36)15(33)9(3)27;1-4-8(7,5-2)6-3/h;4-6H2,1-3H3. The predicted octanol–water partition coefficient (Wildman–Crippen LogP) is 5.73. The molecule has 0 spiro atoms. The molecule has 47 heavy (non-hydrogen) atoms. The molecule has 3 aromatic carbocycles. The van der Waals surface area contributed by atoms with Gasteiger partial charge in [0.1, 0.15) is 0 Å². The van der Waals surface area contributed by atoms with Gasteiger partial charge in [0.25, 0.3) is 0 Å². The lowest BCUT2D eigenvalue weighted by atomic mass is 9.60. The van der Waals surface area contributed by atoms with Crippen LogP contribution < -0.4 is 16.4 Å². The van der Waals surface area contributed by atoms with Crippen molar-refractivity contribution in [2.75, 3.05) is 18.5 Å². The fourth-order valence-electron chi connectivity index (χ4n) is 4.00. The lowest BCUT2D eigenvalue weighted by Gasteiger charge is -2.32. The van der Waals surface area contributed by atoms with E-state index in [9.17, 15) is 70.4 Å². The van der Waals surface area contributed by atoms with Crippen LogP contribution in [0.2, 0.25) is 0 Å². The molecular weight excluding hydrogens is 701 g/mol. The Morgan fingerprint density at radius 1 is 0.362 bits per heavy atom. The van der Waals surface area contributed by atoms with Crippen molar-refractivity contribution in [3.05, 3.63) is 87.3 Å². The maximum Gasteiger partial charge on any atom is 0.473 e. The zero-order chi connectivity index (χ0) is 35.9. The Labute approximate surface area is 256 Å². The molecule has 1 fully saturated rings. The van der Waals surface area contributed by atoms with Crippen LogP contribution in [0.25, 0.3) is 0 Å². The van der Waals surface area contributed by atoms with Crippen molar-refractivity contribution in [2.24, 2.45) is 0 Å². The van der Waals surface area contributed by atoms with Crippen LogP contribution in [-0.2, 0) is 18.3 Å². The van der Waals surface area contributed by atoms with Gasteiger partial charge in [-0.05, 0) is 18.5 Å². The molecule has 254 valence electrons. The Kier molecular flexibility index (Phi) is 11.9. The molecule has 0 radical (unpaired) electrons. The third-order valence-corrected chi connectivity index (χ3v) is 10.4. The van der Waals surface area contributed by atoms with Crippen molar-refractivity contribution < 1.29 is 84.1 Å². The molecule has 1 heterocycles. The van der Waals surface area contributed by atoms with E-state index in [1.807, 2.05) is 20.8 Å². The van der Waals surface area contributed by atoms with Crippen LogP contribution in [0.15, 0.2) is 0 Å². The zero-order valence-corrected chi connectivity index (χ0v) is 24.5. The number of hydrogen-bond acceptors (Lipinski definition) is 4. The summed E-state index contributed by atoms with van der Waals surface area (Å²) < 4.78 is 234. The van der Waals surface area contributed by atoms with Crippen LogP contribution in [0.3, 0.4) is 0 Å². The number of rotatable bonds is 6. The minimum absolute atomic E-state index is 0.875. The maximum atomic E-state index is 14.4. The summed E-state index contributed by atoms with van der Waals surface area (Å²) in [5.74, 6) is -41.3. The molecule has 0 N–H and O–H groups in total. The highest BCUT2D eigenvalue weighted by molar-refractivity contribution is 7.63. The van der Waals surface area contributed by atoms with Crippen LogP contribution >= 0.6 is 7.14 Å². The molecule has 3 aromatic rings. The largest absolute Gasteiger partial charge is 0.473 e. The summed E-state index contributed by atoms with van der Waals surface area (Å²) in [4.78, 5) is 0. The molecule has 1 saturated heterocycles. The fourth-order valence-corrected chi connectivity index (χ4v) is 5.34. The van der Waals surface area contributed by atoms with Gasteiger partial charge >= 0.3 is 21.4 Å². The Balaban J connectivity index is 0.000000665. The second kappa shape index (κ2) is 14.6. The van der Waals surface area contributed by atoms with E-state index in [-0.39, 0.29) is 0 Å². The van der Waals surface area contributed by atoms with Gasteiger partial charge in [-0.15, -0.1) is 0 Å². The first-order valence-corrected chi connectivity index (χ1v) is 15.1. The molecule has 0 atom stereocenters. The SMILES string of the molecule is CCP(=O)(CC)CC.Fc1c(F)c(F)c(B2OB(c3c(F)c(F)c(F)c(F)c3F)OB(c3c(F)c(F)c(F)c(F)c3F)O2)c(F)c1F. The highest BCUT2D eigenvalue weighted by Crippen LogP contribution is 2.43. The Bertz CT molecular complexity index is 1470. The topological polar surface area (TPSA) is 44.8 Å². The quantitative estimate of drug-likeness (QED) is 0.108. The molecular formula is C24H15B3F15O4P. The van der Waals surface area contributed by atoms with Gasteiger partial charge in [0.15, 0.2) is 87.3 Å². The van der Waals surface area contributed by atoms with Gasteiger partial charge in [-0.25, -0.2) is 65.9 Å². The van der Waals surface area contributed by atoms with Crippen molar-refractivity contribution in [2.45, 2.75) is 20.8 Å². The zero-order valence-electron chi connectivity index (χ0n) is 23.6. The predicted molar refractivity (Wildman–Crippen MR) is 137 cm³/mol. The Morgan fingerprint density at radius 2 is 0.511 bits per heavy atom. The molecule has 1 aliphatic heterocycles. The van der Waals surface area contributed by atoms with Crippen molar-refractivity contribution in [3.8, 4) is 0 Å². The summed E-state index contributed by atoms with van der Waals surface area (Å²) >= 11 is 0. The summed E-state index contributed by atoms with van der Waals surface area (Å²) in [5, 5.41) is 0. The van der Waals surface area contributed by atoms with E-state index in [0.717, 1.165) is 18.5 Å². The summed E-state index contributed by atoms with van der Waals surface area (Å²) in [5.41, 5.74) is -6.63. The van der Waals surface area contributed by atoms with E-state index in [1.54, 1.807) is 0 Å². The van der Waals surface area contributed by atoms with Crippen LogP contribution in [0.1, 0.15) is 20.8 Å². The van der Waals surface area contributed by atoms with E-state index in [4.69, 9.17) is 0 Å². The van der Waals surface area contributed by atoms with E-state index in [0.29, 0.717) is 0 Å². The monoisotopic (exact) mass is 716 g/mol. The lowest BCUT2D eigenvalue weighted by Crippen LogP contribution is -2.64. The van der Waals surface area contributed by atoms with Gasteiger partial charge in [-0.2, -0.15) is 0 Å². The molecule has 4 nitrogen and oxygen atoms in total. The van der Waals surface area contributed by atoms with Crippen molar-refractivity contribution in [1.29, 1.82) is 0 Å². The number of hydrogen-bond donors (Lipinski definition) is 0. The van der Waals surface area contributed by atoms with Crippen LogP contribution in [0.4, 0.5) is 65.9 Å². The first kappa shape index (κ1) is 38.4. The summed E-state index contributed by atoms with van der Waals surface area (Å²) in [6.07, 6.45) is 2.62. The van der Waals surface area contributed by atoms with Crippen LogP contribution in [-0.4, -0.2) is 39.8 Å². The molecule has 0 unspecified atom stereocenters. The molecule has 0 amide bonds. The summed E-state index contributed by atoms with van der Waals surface area (Å²) in [6.45, 7) is 6.02. The third-order valence-electron chi connectivity index (χ3n) is 6.91. The fraction of sp³-hybridized carbons (Fsp3) is 0.250. The molecule has 23 heteroatoms. The molecule has 0 bridgehead atoms. The average Bonchev–Trinajstić information content (AvgIpc) is 3.06. The summed E-state index contributed by atoms with van der Waals surface area (Å²) in [7, 11) is -11.5. The smallest absolute Gasteiger partial charge is 0.444 e. The van der Waals surface area contributed by atoms with Gasteiger partial charge in [0.2, 0.25) is 0 Å². The average molecular weight is 716 g/mol.